The average molecular weight is 257 g/mol. The summed E-state index contributed by atoms with van der Waals surface area (Å²) < 4.78 is 5.39. The SMILES string of the molecule is Cc1ccc(N2CCN(Cc3ccco3)CC2)nc1. The van der Waals surface area contributed by atoms with E-state index in [-0.39, 0.29) is 0 Å². The van der Waals surface area contributed by atoms with E-state index in [1.807, 2.05) is 18.3 Å². The number of nitrogens with zero attached hydrogens (tertiary/aromatic N) is 3. The maximum atomic E-state index is 5.39. The highest BCUT2D eigenvalue weighted by atomic mass is 16.3. The van der Waals surface area contributed by atoms with Crippen LogP contribution in [0, 0.1) is 6.92 Å². The van der Waals surface area contributed by atoms with Gasteiger partial charge in [0.05, 0.1) is 12.8 Å². The smallest absolute Gasteiger partial charge is 0.128 e. The summed E-state index contributed by atoms with van der Waals surface area (Å²) in [4.78, 5) is 9.26. The van der Waals surface area contributed by atoms with Gasteiger partial charge in [-0.2, -0.15) is 0 Å². The summed E-state index contributed by atoms with van der Waals surface area (Å²) in [5, 5.41) is 0. The van der Waals surface area contributed by atoms with Gasteiger partial charge in [-0.1, -0.05) is 6.07 Å². The predicted molar refractivity (Wildman–Crippen MR) is 75.2 cm³/mol. The van der Waals surface area contributed by atoms with E-state index in [1.54, 1.807) is 6.26 Å². The Morgan fingerprint density at radius 2 is 2.00 bits per heavy atom. The summed E-state index contributed by atoms with van der Waals surface area (Å²) in [6, 6.07) is 8.21. The lowest BCUT2D eigenvalue weighted by Gasteiger charge is -2.34. The van der Waals surface area contributed by atoms with Crippen molar-refractivity contribution in [1.82, 2.24) is 9.88 Å². The minimum atomic E-state index is 0.905. The maximum Gasteiger partial charge on any atom is 0.128 e. The van der Waals surface area contributed by atoms with Crippen molar-refractivity contribution in [2.75, 3.05) is 31.1 Å². The standard InChI is InChI=1S/C15H19N3O/c1-13-4-5-15(16-11-13)18-8-6-17(7-9-18)12-14-3-2-10-19-14/h2-5,10-11H,6-9,12H2,1H3. The molecular formula is C15H19N3O. The van der Waals surface area contributed by atoms with Crippen molar-refractivity contribution >= 4 is 5.82 Å². The Labute approximate surface area is 113 Å². The van der Waals surface area contributed by atoms with E-state index >= 15 is 0 Å². The molecule has 2 aromatic heterocycles. The van der Waals surface area contributed by atoms with Gasteiger partial charge in [-0.25, -0.2) is 4.98 Å². The molecule has 19 heavy (non-hydrogen) atoms. The summed E-state index contributed by atoms with van der Waals surface area (Å²) in [6.07, 6.45) is 3.67. The van der Waals surface area contributed by atoms with Gasteiger partial charge in [0, 0.05) is 32.4 Å². The topological polar surface area (TPSA) is 32.5 Å². The molecule has 0 amide bonds. The molecule has 0 saturated carbocycles. The predicted octanol–water partition coefficient (Wildman–Crippen LogP) is 2.31. The molecule has 0 N–H and O–H groups in total. The lowest BCUT2D eigenvalue weighted by atomic mass is 10.2. The van der Waals surface area contributed by atoms with Gasteiger partial charge in [0.25, 0.3) is 0 Å². The first-order chi connectivity index (χ1) is 9.31. The largest absolute Gasteiger partial charge is 0.468 e. The van der Waals surface area contributed by atoms with Crippen LogP contribution < -0.4 is 4.90 Å². The van der Waals surface area contributed by atoms with Gasteiger partial charge in [-0.15, -0.1) is 0 Å². The fourth-order valence-electron chi connectivity index (χ4n) is 2.41. The quantitative estimate of drug-likeness (QED) is 0.844. The highest BCUT2D eigenvalue weighted by Crippen LogP contribution is 2.15. The molecule has 0 aliphatic carbocycles. The van der Waals surface area contributed by atoms with Crippen LogP contribution in [-0.4, -0.2) is 36.1 Å². The van der Waals surface area contributed by atoms with E-state index < -0.39 is 0 Å². The number of pyridine rings is 1. The third kappa shape index (κ3) is 2.96. The number of piperazine rings is 1. The lowest BCUT2D eigenvalue weighted by Crippen LogP contribution is -2.46. The minimum Gasteiger partial charge on any atom is -0.468 e. The van der Waals surface area contributed by atoms with E-state index in [1.165, 1.54) is 5.56 Å². The van der Waals surface area contributed by atoms with Crippen molar-refractivity contribution in [2.24, 2.45) is 0 Å². The van der Waals surface area contributed by atoms with Gasteiger partial charge in [0.15, 0.2) is 0 Å². The summed E-state index contributed by atoms with van der Waals surface area (Å²) in [6.45, 7) is 7.13. The lowest BCUT2D eigenvalue weighted by molar-refractivity contribution is 0.230. The first-order valence-electron chi connectivity index (χ1n) is 6.73. The van der Waals surface area contributed by atoms with Crippen molar-refractivity contribution in [3.63, 3.8) is 0 Å². The third-order valence-corrected chi connectivity index (χ3v) is 3.55. The Morgan fingerprint density at radius 1 is 1.16 bits per heavy atom. The molecule has 1 aliphatic rings. The van der Waals surface area contributed by atoms with Crippen molar-refractivity contribution in [2.45, 2.75) is 13.5 Å². The first kappa shape index (κ1) is 12.2. The van der Waals surface area contributed by atoms with Gasteiger partial charge in [-0.05, 0) is 30.7 Å². The number of hydrogen-bond donors (Lipinski definition) is 0. The Bertz CT molecular complexity index is 499. The van der Waals surface area contributed by atoms with Crippen molar-refractivity contribution in [3.8, 4) is 0 Å². The molecule has 0 unspecified atom stereocenters. The molecule has 2 aromatic rings. The number of furan rings is 1. The molecule has 100 valence electrons. The molecule has 0 aromatic carbocycles. The summed E-state index contributed by atoms with van der Waals surface area (Å²) in [5.41, 5.74) is 1.21. The normalized spacial score (nSPS) is 16.8. The molecular weight excluding hydrogens is 238 g/mol. The van der Waals surface area contributed by atoms with Crippen molar-refractivity contribution in [1.29, 1.82) is 0 Å². The molecule has 4 heteroatoms. The molecule has 3 heterocycles. The van der Waals surface area contributed by atoms with Crippen LogP contribution in [0.2, 0.25) is 0 Å². The molecule has 0 bridgehead atoms. The van der Waals surface area contributed by atoms with Gasteiger partial charge in [0.1, 0.15) is 11.6 Å². The highest BCUT2D eigenvalue weighted by Gasteiger charge is 2.18. The molecule has 0 radical (unpaired) electrons. The van der Waals surface area contributed by atoms with Crippen molar-refractivity contribution in [3.05, 3.63) is 48.0 Å². The fraction of sp³-hybridized carbons (Fsp3) is 0.400. The second-order valence-electron chi connectivity index (χ2n) is 5.04. The summed E-state index contributed by atoms with van der Waals surface area (Å²) in [5.74, 6) is 2.13. The van der Waals surface area contributed by atoms with Crippen molar-refractivity contribution < 1.29 is 4.42 Å². The highest BCUT2D eigenvalue weighted by molar-refractivity contribution is 5.39. The summed E-state index contributed by atoms with van der Waals surface area (Å²) in [7, 11) is 0. The Kier molecular flexibility index (Phi) is 3.51. The summed E-state index contributed by atoms with van der Waals surface area (Å²) >= 11 is 0. The van der Waals surface area contributed by atoms with Crippen LogP contribution in [0.5, 0.6) is 0 Å². The number of aryl methyl sites for hydroxylation is 1. The van der Waals surface area contributed by atoms with Crippen LogP contribution in [0.4, 0.5) is 5.82 Å². The first-order valence-corrected chi connectivity index (χ1v) is 6.73. The van der Waals surface area contributed by atoms with E-state index in [0.29, 0.717) is 0 Å². The zero-order valence-corrected chi connectivity index (χ0v) is 11.2. The molecule has 1 aliphatic heterocycles. The van der Waals surface area contributed by atoms with Crippen LogP contribution in [0.25, 0.3) is 0 Å². The number of hydrogen-bond acceptors (Lipinski definition) is 4. The Morgan fingerprint density at radius 3 is 2.63 bits per heavy atom. The number of rotatable bonds is 3. The van der Waals surface area contributed by atoms with E-state index in [4.69, 9.17) is 4.42 Å². The van der Waals surface area contributed by atoms with E-state index in [2.05, 4.69) is 33.8 Å². The van der Waals surface area contributed by atoms with Gasteiger partial charge in [-0.3, -0.25) is 4.90 Å². The Hall–Kier alpha value is -1.81. The maximum absolute atomic E-state index is 5.39. The molecule has 1 fully saturated rings. The van der Waals surface area contributed by atoms with Crippen LogP contribution in [-0.2, 0) is 6.54 Å². The number of aromatic nitrogens is 1. The Balaban J connectivity index is 1.56. The zero-order chi connectivity index (χ0) is 13.1. The van der Waals surface area contributed by atoms with Gasteiger partial charge >= 0.3 is 0 Å². The molecule has 0 atom stereocenters. The molecule has 0 spiro atoms. The molecule has 1 saturated heterocycles. The molecule has 3 rings (SSSR count). The second-order valence-corrected chi connectivity index (χ2v) is 5.04. The second kappa shape index (κ2) is 5.45. The fourth-order valence-corrected chi connectivity index (χ4v) is 2.41. The monoisotopic (exact) mass is 257 g/mol. The molecule has 4 nitrogen and oxygen atoms in total. The van der Waals surface area contributed by atoms with Crippen LogP contribution >= 0.6 is 0 Å². The van der Waals surface area contributed by atoms with Gasteiger partial charge < -0.3 is 9.32 Å². The van der Waals surface area contributed by atoms with Gasteiger partial charge in [0.2, 0.25) is 0 Å². The van der Waals surface area contributed by atoms with E-state index in [9.17, 15) is 0 Å². The number of anilines is 1. The minimum absolute atomic E-state index is 0.905. The zero-order valence-electron chi connectivity index (χ0n) is 11.2. The van der Waals surface area contributed by atoms with Crippen LogP contribution in [0.1, 0.15) is 11.3 Å². The van der Waals surface area contributed by atoms with E-state index in [0.717, 1.165) is 44.3 Å². The third-order valence-electron chi connectivity index (χ3n) is 3.55. The van der Waals surface area contributed by atoms with Crippen LogP contribution in [0.3, 0.4) is 0 Å². The average Bonchev–Trinajstić information content (AvgIpc) is 2.94. The van der Waals surface area contributed by atoms with Crippen LogP contribution in [0.15, 0.2) is 41.1 Å².